The van der Waals surface area contributed by atoms with Gasteiger partial charge in [0, 0.05) is 24.0 Å². The molecule has 25 heavy (non-hydrogen) atoms. The van der Waals surface area contributed by atoms with E-state index in [0.29, 0.717) is 5.56 Å². The van der Waals surface area contributed by atoms with Crippen LogP contribution >= 0.6 is 24.8 Å². The van der Waals surface area contributed by atoms with E-state index < -0.39 is 0 Å². The third-order valence-corrected chi connectivity index (χ3v) is 4.34. The van der Waals surface area contributed by atoms with Crippen molar-refractivity contribution in [2.45, 2.75) is 51.6 Å². The molecule has 0 bridgehead atoms. The molecular weight excluding hydrogens is 361 g/mol. The number of rotatable bonds is 3. The van der Waals surface area contributed by atoms with Gasteiger partial charge < -0.3 is 11.1 Å². The Labute approximate surface area is 160 Å². The fourth-order valence-electron chi connectivity index (χ4n) is 3.04. The first-order valence-corrected chi connectivity index (χ1v) is 8.09. The number of carbonyl (C=O) groups excluding carboxylic acids is 1. The van der Waals surface area contributed by atoms with Crippen LogP contribution in [-0.2, 0) is 0 Å². The lowest BCUT2D eigenvalue weighted by Crippen LogP contribution is -2.40. The maximum atomic E-state index is 12.3. The van der Waals surface area contributed by atoms with E-state index in [9.17, 15) is 4.79 Å². The van der Waals surface area contributed by atoms with Crippen LogP contribution in [0.4, 0.5) is 0 Å². The van der Waals surface area contributed by atoms with Crippen LogP contribution < -0.4 is 11.1 Å². The summed E-state index contributed by atoms with van der Waals surface area (Å²) in [5.41, 5.74) is 8.43. The molecule has 0 aliphatic heterocycles. The number of hydrogen-bond donors (Lipinski definition) is 2. The number of hydrogen-bond acceptors (Lipinski definition) is 4. The SMILES string of the molecule is Cc1cc(C)n(-c2ccc(C(=O)NC3CCC(N)CC3)cn2)n1.Cl.Cl. The number of amides is 1. The molecule has 0 radical (unpaired) electrons. The number of halogens is 2. The molecule has 1 aliphatic carbocycles. The average Bonchev–Trinajstić information content (AvgIpc) is 2.88. The number of pyridine rings is 1. The first kappa shape index (κ1) is 21.4. The highest BCUT2D eigenvalue weighted by Crippen LogP contribution is 2.17. The standard InChI is InChI=1S/C17H23N5O.2ClH/c1-11-9-12(2)22(21-11)16-8-3-13(10-19-16)17(23)20-15-6-4-14(18)5-7-15;;/h3,8-10,14-15H,4-7,18H2,1-2H3,(H,20,23);2*1H. The highest BCUT2D eigenvalue weighted by molar-refractivity contribution is 5.94. The predicted octanol–water partition coefficient (Wildman–Crippen LogP) is 2.73. The third kappa shape index (κ3) is 5.17. The molecule has 138 valence electrons. The van der Waals surface area contributed by atoms with E-state index in [0.717, 1.165) is 42.9 Å². The van der Waals surface area contributed by atoms with E-state index in [1.54, 1.807) is 16.9 Å². The molecule has 1 fully saturated rings. The molecule has 2 heterocycles. The quantitative estimate of drug-likeness (QED) is 0.850. The lowest BCUT2D eigenvalue weighted by molar-refractivity contribution is 0.0925. The summed E-state index contributed by atoms with van der Waals surface area (Å²) in [6, 6.07) is 6.12. The topological polar surface area (TPSA) is 85.8 Å². The van der Waals surface area contributed by atoms with Gasteiger partial charge in [0.05, 0.1) is 11.3 Å². The van der Waals surface area contributed by atoms with E-state index in [1.807, 2.05) is 26.0 Å². The van der Waals surface area contributed by atoms with Crippen LogP contribution in [0, 0.1) is 13.8 Å². The fourth-order valence-corrected chi connectivity index (χ4v) is 3.04. The Morgan fingerprint density at radius 3 is 2.40 bits per heavy atom. The molecule has 2 aromatic rings. The average molecular weight is 386 g/mol. The zero-order valence-electron chi connectivity index (χ0n) is 14.4. The van der Waals surface area contributed by atoms with Crippen molar-refractivity contribution in [2.75, 3.05) is 0 Å². The van der Waals surface area contributed by atoms with Gasteiger partial charge in [-0.3, -0.25) is 4.79 Å². The largest absolute Gasteiger partial charge is 0.349 e. The molecule has 0 aromatic carbocycles. The zero-order valence-corrected chi connectivity index (χ0v) is 16.1. The summed E-state index contributed by atoms with van der Waals surface area (Å²) < 4.78 is 1.78. The van der Waals surface area contributed by atoms with Gasteiger partial charge in [-0.05, 0) is 57.7 Å². The Balaban J connectivity index is 0.00000156. The minimum atomic E-state index is -0.0714. The first-order valence-electron chi connectivity index (χ1n) is 8.09. The molecule has 0 unspecified atom stereocenters. The van der Waals surface area contributed by atoms with E-state index in [2.05, 4.69) is 15.4 Å². The van der Waals surface area contributed by atoms with Crippen molar-refractivity contribution in [1.29, 1.82) is 0 Å². The maximum absolute atomic E-state index is 12.3. The van der Waals surface area contributed by atoms with Crippen molar-refractivity contribution in [3.8, 4) is 5.82 Å². The van der Waals surface area contributed by atoms with Crippen LogP contribution in [0.3, 0.4) is 0 Å². The van der Waals surface area contributed by atoms with Gasteiger partial charge in [-0.2, -0.15) is 5.10 Å². The zero-order chi connectivity index (χ0) is 16.4. The van der Waals surface area contributed by atoms with Crippen LogP contribution in [0.25, 0.3) is 5.82 Å². The summed E-state index contributed by atoms with van der Waals surface area (Å²) in [7, 11) is 0. The van der Waals surface area contributed by atoms with E-state index in [1.165, 1.54) is 0 Å². The summed E-state index contributed by atoms with van der Waals surface area (Å²) in [5, 5.41) is 7.47. The van der Waals surface area contributed by atoms with E-state index in [4.69, 9.17) is 5.73 Å². The van der Waals surface area contributed by atoms with Gasteiger partial charge >= 0.3 is 0 Å². The van der Waals surface area contributed by atoms with Crippen molar-refractivity contribution in [2.24, 2.45) is 5.73 Å². The highest BCUT2D eigenvalue weighted by atomic mass is 35.5. The predicted molar refractivity (Wildman–Crippen MR) is 103 cm³/mol. The second-order valence-corrected chi connectivity index (χ2v) is 6.33. The molecule has 0 spiro atoms. The summed E-state index contributed by atoms with van der Waals surface area (Å²) >= 11 is 0. The van der Waals surface area contributed by atoms with Gasteiger partial charge in [0.2, 0.25) is 0 Å². The molecule has 1 saturated carbocycles. The van der Waals surface area contributed by atoms with Crippen LogP contribution in [0.5, 0.6) is 0 Å². The van der Waals surface area contributed by atoms with Crippen molar-refractivity contribution in [3.63, 3.8) is 0 Å². The lowest BCUT2D eigenvalue weighted by Gasteiger charge is -2.26. The highest BCUT2D eigenvalue weighted by Gasteiger charge is 2.20. The summed E-state index contributed by atoms with van der Waals surface area (Å²) in [6.45, 7) is 3.93. The number of aromatic nitrogens is 3. The molecule has 6 nitrogen and oxygen atoms in total. The van der Waals surface area contributed by atoms with Gasteiger partial charge in [0.25, 0.3) is 5.91 Å². The third-order valence-electron chi connectivity index (χ3n) is 4.34. The van der Waals surface area contributed by atoms with Crippen LogP contribution in [0.15, 0.2) is 24.4 Å². The Morgan fingerprint density at radius 2 is 1.88 bits per heavy atom. The van der Waals surface area contributed by atoms with Crippen molar-refractivity contribution < 1.29 is 4.79 Å². The van der Waals surface area contributed by atoms with Crippen molar-refractivity contribution in [1.82, 2.24) is 20.1 Å². The molecule has 2 aromatic heterocycles. The van der Waals surface area contributed by atoms with Crippen LogP contribution in [-0.4, -0.2) is 32.8 Å². The Hall–Kier alpha value is -1.63. The molecule has 3 N–H and O–H groups in total. The first-order chi connectivity index (χ1) is 11.0. The van der Waals surface area contributed by atoms with Crippen molar-refractivity contribution in [3.05, 3.63) is 41.3 Å². The Morgan fingerprint density at radius 1 is 1.20 bits per heavy atom. The summed E-state index contributed by atoms with van der Waals surface area (Å²) in [5.74, 6) is 0.647. The van der Waals surface area contributed by atoms with Gasteiger partial charge in [0.1, 0.15) is 0 Å². The monoisotopic (exact) mass is 385 g/mol. The second-order valence-electron chi connectivity index (χ2n) is 6.33. The van der Waals surface area contributed by atoms with Crippen molar-refractivity contribution >= 4 is 30.7 Å². The van der Waals surface area contributed by atoms with E-state index >= 15 is 0 Å². The number of carbonyl (C=O) groups is 1. The Kier molecular flexibility index (Phi) is 7.86. The molecule has 1 amide bonds. The molecule has 3 rings (SSSR count). The molecule has 1 aliphatic rings. The van der Waals surface area contributed by atoms with Gasteiger partial charge in [-0.25, -0.2) is 9.67 Å². The number of nitrogens with zero attached hydrogens (tertiary/aromatic N) is 3. The number of nitrogens with one attached hydrogen (secondary N) is 1. The van der Waals surface area contributed by atoms with Crippen LogP contribution in [0.2, 0.25) is 0 Å². The minimum Gasteiger partial charge on any atom is -0.349 e. The van der Waals surface area contributed by atoms with Gasteiger partial charge in [-0.1, -0.05) is 0 Å². The molecule has 8 heteroatoms. The number of aryl methyl sites for hydroxylation is 2. The summed E-state index contributed by atoms with van der Waals surface area (Å²) in [4.78, 5) is 16.7. The molecular formula is C17H25Cl2N5O. The van der Waals surface area contributed by atoms with Gasteiger partial charge in [0.15, 0.2) is 5.82 Å². The maximum Gasteiger partial charge on any atom is 0.253 e. The van der Waals surface area contributed by atoms with Crippen LogP contribution in [0.1, 0.15) is 47.4 Å². The van der Waals surface area contributed by atoms with Gasteiger partial charge in [-0.15, -0.1) is 24.8 Å². The fraction of sp³-hybridized carbons (Fsp3) is 0.471. The second kappa shape index (κ2) is 9.17. The molecule has 0 atom stereocenters. The number of nitrogens with two attached hydrogens (primary N) is 1. The summed E-state index contributed by atoms with van der Waals surface area (Å²) in [6.07, 6.45) is 5.45. The normalized spacial score (nSPS) is 19.5. The lowest BCUT2D eigenvalue weighted by atomic mass is 9.92. The Bertz CT molecular complexity index is 694. The molecule has 0 saturated heterocycles. The minimum absolute atomic E-state index is 0. The van der Waals surface area contributed by atoms with E-state index in [-0.39, 0.29) is 42.8 Å². The smallest absolute Gasteiger partial charge is 0.253 e.